The van der Waals surface area contributed by atoms with Crippen molar-refractivity contribution in [2.24, 2.45) is 4.99 Å². The van der Waals surface area contributed by atoms with E-state index in [0.29, 0.717) is 17.1 Å². The van der Waals surface area contributed by atoms with Crippen LogP contribution in [0.1, 0.15) is 23.1 Å². The minimum atomic E-state index is -1.06. The number of anilines is 2. The van der Waals surface area contributed by atoms with Crippen LogP contribution in [0, 0.1) is 25.5 Å². The van der Waals surface area contributed by atoms with Crippen molar-refractivity contribution in [3.05, 3.63) is 89.0 Å². The normalized spacial score (nSPS) is 13.3. The molecule has 0 bridgehead atoms. The highest BCUT2D eigenvalue weighted by Gasteiger charge is 2.26. The van der Waals surface area contributed by atoms with Crippen LogP contribution < -0.4 is 10.2 Å². The van der Waals surface area contributed by atoms with E-state index in [2.05, 4.69) is 5.32 Å². The average Bonchev–Trinajstić information content (AvgIpc) is 2.89. The van der Waals surface area contributed by atoms with Crippen LogP contribution in [0.4, 0.5) is 25.8 Å². The Morgan fingerprint density at radius 3 is 2.53 bits per heavy atom. The minimum Gasteiger partial charge on any atom is -0.324 e. The lowest BCUT2D eigenvalue weighted by Crippen LogP contribution is -2.38. The predicted molar refractivity (Wildman–Crippen MR) is 121 cm³/mol. The van der Waals surface area contributed by atoms with Gasteiger partial charge in [0.15, 0.2) is 11.6 Å². The highest BCUT2D eigenvalue weighted by molar-refractivity contribution is 6.19. The number of rotatable bonds is 4. The second-order valence-electron chi connectivity index (χ2n) is 7.68. The van der Waals surface area contributed by atoms with Gasteiger partial charge in [0.2, 0.25) is 11.8 Å². The Morgan fingerprint density at radius 1 is 1.00 bits per heavy atom. The van der Waals surface area contributed by atoms with Gasteiger partial charge in [-0.25, -0.2) is 8.78 Å². The van der Waals surface area contributed by atoms with Gasteiger partial charge in [-0.3, -0.25) is 14.6 Å². The second kappa shape index (κ2) is 8.70. The molecule has 32 heavy (non-hydrogen) atoms. The Hall–Kier alpha value is -3.87. The van der Waals surface area contributed by atoms with Crippen LogP contribution in [0.15, 0.2) is 65.7 Å². The molecule has 7 heteroatoms. The number of amides is 2. The molecule has 3 aromatic rings. The number of fused-ring (bicyclic) bond motifs is 1. The number of para-hydroxylation sites is 2. The van der Waals surface area contributed by atoms with Gasteiger partial charge in [0.25, 0.3) is 0 Å². The first-order chi connectivity index (χ1) is 15.3. The number of hydrogen-bond acceptors (Lipinski definition) is 3. The molecule has 1 aliphatic rings. The van der Waals surface area contributed by atoms with Crippen molar-refractivity contribution in [2.75, 3.05) is 16.8 Å². The number of hydrogen-bond donors (Lipinski definition) is 1. The van der Waals surface area contributed by atoms with Crippen LogP contribution in [-0.4, -0.2) is 24.1 Å². The Labute approximate surface area is 184 Å². The minimum absolute atomic E-state index is 0.0234. The number of nitrogens with zero attached hydrogens (tertiary/aromatic N) is 2. The summed E-state index contributed by atoms with van der Waals surface area (Å²) in [6, 6.07) is 16.1. The number of aliphatic imine (C=N–C) groups is 1. The monoisotopic (exact) mass is 433 g/mol. The van der Waals surface area contributed by atoms with Crippen LogP contribution in [-0.2, 0) is 9.59 Å². The maximum Gasteiger partial charge on any atom is 0.244 e. The second-order valence-corrected chi connectivity index (χ2v) is 7.68. The van der Waals surface area contributed by atoms with Gasteiger partial charge in [0.05, 0.1) is 23.5 Å². The van der Waals surface area contributed by atoms with E-state index in [1.165, 1.54) is 11.0 Å². The molecule has 1 aliphatic heterocycles. The van der Waals surface area contributed by atoms with Crippen molar-refractivity contribution < 1.29 is 18.4 Å². The molecule has 0 saturated heterocycles. The fraction of sp³-hybridized carbons (Fsp3) is 0.160. The number of carbonyl (C=O) groups is 2. The number of halogens is 2. The van der Waals surface area contributed by atoms with Gasteiger partial charge in [-0.15, -0.1) is 0 Å². The third kappa shape index (κ3) is 4.42. The highest BCUT2D eigenvalue weighted by Crippen LogP contribution is 2.33. The first-order valence-corrected chi connectivity index (χ1v) is 10.1. The van der Waals surface area contributed by atoms with E-state index < -0.39 is 17.5 Å². The van der Waals surface area contributed by atoms with Crippen molar-refractivity contribution in [3.63, 3.8) is 0 Å². The molecule has 0 spiro atoms. The molecule has 1 N–H and O–H groups in total. The Morgan fingerprint density at radius 2 is 1.78 bits per heavy atom. The van der Waals surface area contributed by atoms with E-state index in [0.717, 1.165) is 28.8 Å². The van der Waals surface area contributed by atoms with Crippen molar-refractivity contribution in [2.45, 2.75) is 20.3 Å². The zero-order valence-electron chi connectivity index (χ0n) is 17.7. The summed E-state index contributed by atoms with van der Waals surface area (Å²) in [5.41, 5.74) is 4.90. The molecule has 0 fully saturated rings. The van der Waals surface area contributed by atoms with Gasteiger partial charge < -0.3 is 10.2 Å². The maximum absolute atomic E-state index is 13.5. The van der Waals surface area contributed by atoms with Crippen molar-refractivity contribution in [3.8, 4) is 0 Å². The quantitative estimate of drug-likeness (QED) is 0.624. The molecule has 5 nitrogen and oxygen atoms in total. The van der Waals surface area contributed by atoms with Gasteiger partial charge in [-0.1, -0.05) is 24.3 Å². The van der Waals surface area contributed by atoms with Gasteiger partial charge in [0, 0.05) is 11.8 Å². The summed E-state index contributed by atoms with van der Waals surface area (Å²) in [5.74, 6) is -2.89. The van der Waals surface area contributed by atoms with Crippen LogP contribution in [0.5, 0.6) is 0 Å². The molecule has 1 heterocycles. The van der Waals surface area contributed by atoms with Crippen LogP contribution in [0.3, 0.4) is 0 Å². The van der Waals surface area contributed by atoms with Crippen LogP contribution in [0.2, 0.25) is 0 Å². The van der Waals surface area contributed by atoms with Crippen molar-refractivity contribution in [1.29, 1.82) is 0 Å². The summed E-state index contributed by atoms with van der Waals surface area (Å²) < 4.78 is 26.6. The molecular formula is C25H21F2N3O2. The average molecular weight is 433 g/mol. The van der Waals surface area contributed by atoms with Gasteiger partial charge in [0.1, 0.15) is 6.54 Å². The fourth-order valence-electron chi connectivity index (χ4n) is 3.52. The molecule has 0 aromatic heterocycles. The van der Waals surface area contributed by atoms with Gasteiger partial charge in [-0.05, 0) is 60.9 Å². The molecule has 4 rings (SSSR count). The zero-order valence-corrected chi connectivity index (χ0v) is 17.7. The molecule has 0 unspecified atom stereocenters. The Bertz CT molecular complexity index is 1250. The largest absolute Gasteiger partial charge is 0.324 e. The first-order valence-electron chi connectivity index (χ1n) is 10.1. The van der Waals surface area contributed by atoms with Gasteiger partial charge in [-0.2, -0.15) is 0 Å². The summed E-state index contributed by atoms with van der Waals surface area (Å²) in [6.07, 6.45) is 0.0234. The molecule has 0 aliphatic carbocycles. The van der Waals surface area contributed by atoms with E-state index in [9.17, 15) is 18.4 Å². The lowest BCUT2D eigenvalue weighted by atomic mass is 10.0. The van der Waals surface area contributed by atoms with Crippen molar-refractivity contribution in [1.82, 2.24) is 0 Å². The summed E-state index contributed by atoms with van der Waals surface area (Å²) in [5, 5.41) is 2.51. The van der Waals surface area contributed by atoms with E-state index in [4.69, 9.17) is 4.99 Å². The summed E-state index contributed by atoms with van der Waals surface area (Å²) in [7, 11) is 0. The fourth-order valence-corrected chi connectivity index (χ4v) is 3.52. The molecule has 0 saturated carbocycles. The molecule has 3 aromatic carbocycles. The highest BCUT2D eigenvalue weighted by atomic mass is 19.2. The topological polar surface area (TPSA) is 61.8 Å². The molecule has 162 valence electrons. The molecule has 0 radical (unpaired) electrons. The summed E-state index contributed by atoms with van der Waals surface area (Å²) in [6.45, 7) is 3.73. The number of carbonyl (C=O) groups excluding carboxylic acids is 2. The molecule has 2 amide bonds. The first kappa shape index (κ1) is 21.4. The summed E-state index contributed by atoms with van der Waals surface area (Å²) in [4.78, 5) is 31.9. The number of aryl methyl sites for hydroxylation is 2. The predicted octanol–water partition coefficient (Wildman–Crippen LogP) is 5.08. The standard InChI is InChI=1S/C25H21F2N3O2/c1-15-7-8-17(11-16(15)2)22-13-25(32)30(23-6-4-3-5-21(23)29-22)14-24(31)28-18-9-10-19(26)20(27)12-18/h3-12H,13-14H2,1-2H3,(H,28,31). The van der Waals surface area contributed by atoms with Crippen LogP contribution >= 0.6 is 0 Å². The number of nitrogens with one attached hydrogen (secondary N) is 1. The van der Waals surface area contributed by atoms with Gasteiger partial charge >= 0.3 is 0 Å². The lowest BCUT2D eigenvalue weighted by molar-refractivity contribution is -0.120. The zero-order chi connectivity index (χ0) is 22.8. The molecular weight excluding hydrogens is 412 g/mol. The third-order valence-corrected chi connectivity index (χ3v) is 5.39. The van der Waals surface area contributed by atoms with E-state index in [-0.39, 0.29) is 24.6 Å². The Kier molecular flexibility index (Phi) is 5.81. The van der Waals surface area contributed by atoms with E-state index in [1.807, 2.05) is 38.1 Å². The lowest BCUT2D eigenvalue weighted by Gasteiger charge is -2.22. The number of benzene rings is 3. The molecule has 0 atom stereocenters. The summed E-state index contributed by atoms with van der Waals surface area (Å²) >= 11 is 0. The maximum atomic E-state index is 13.5. The Balaban J connectivity index is 1.61. The third-order valence-electron chi connectivity index (χ3n) is 5.39. The SMILES string of the molecule is Cc1ccc(C2=Nc3ccccc3N(CC(=O)Nc3ccc(F)c(F)c3)C(=O)C2)cc1C. The van der Waals surface area contributed by atoms with Crippen LogP contribution in [0.25, 0.3) is 0 Å². The smallest absolute Gasteiger partial charge is 0.244 e. The van der Waals surface area contributed by atoms with E-state index >= 15 is 0 Å². The van der Waals surface area contributed by atoms with E-state index in [1.54, 1.807) is 18.2 Å². The van der Waals surface area contributed by atoms with Crippen molar-refractivity contribution >= 4 is 34.6 Å².